The zero-order valence-corrected chi connectivity index (χ0v) is 20.9. The normalized spacial score (nSPS) is 15.8. The lowest BCUT2D eigenvalue weighted by molar-refractivity contribution is 0.0169. The molecule has 1 unspecified atom stereocenters. The van der Waals surface area contributed by atoms with Crippen molar-refractivity contribution in [2.24, 2.45) is 4.99 Å². The number of nitrogens with one attached hydrogen (secondary N) is 2. The van der Waals surface area contributed by atoms with E-state index in [1.54, 1.807) is 32.6 Å². The Morgan fingerprint density at radius 2 is 1.93 bits per heavy atom. The predicted octanol–water partition coefficient (Wildman–Crippen LogP) is 3.12. The molecule has 0 amide bonds. The summed E-state index contributed by atoms with van der Waals surface area (Å²) in [6.07, 6.45) is 0. The summed E-state index contributed by atoms with van der Waals surface area (Å²) in [5.41, 5.74) is 2.42. The molecule has 2 heterocycles. The van der Waals surface area contributed by atoms with Crippen LogP contribution in [0.1, 0.15) is 17.2 Å². The second-order valence-corrected chi connectivity index (χ2v) is 7.50. The van der Waals surface area contributed by atoms with E-state index in [9.17, 15) is 0 Å². The maximum atomic E-state index is 5.55. The van der Waals surface area contributed by atoms with Crippen molar-refractivity contribution < 1.29 is 14.2 Å². The smallest absolute Gasteiger partial charge is 0.191 e. The molecule has 0 radical (unpaired) electrons. The summed E-state index contributed by atoms with van der Waals surface area (Å²) in [4.78, 5) is 6.80. The van der Waals surface area contributed by atoms with Crippen molar-refractivity contribution in [3.63, 3.8) is 0 Å². The molecule has 2 aromatic rings. The van der Waals surface area contributed by atoms with E-state index in [2.05, 4.69) is 49.5 Å². The van der Waals surface area contributed by atoms with Gasteiger partial charge in [0.05, 0.1) is 33.5 Å². The van der Waals surface area contributed by atoms with Crippen LogP contribution in [0.2, 0.25) is 0 Å². The van der Waals surface area contributed by atoms with Crippen LogP contribution in [0.15, 0.2) is 40.0 Å². The highest BCUT2D eigenvalue weighted by atomic mass is 127. The Kier molecular flexibility index (Phi) is 10.7. The summed E-state index contributed by atoms with van der Waals surface area (Å²) in [5.74, 6) is 2.26. The second-order valence-electron chi connectivity index (χ2n) is 6.72. The molecule has 3 rings (SSSR count). The monoisotopic (exact) mass is 546 g/mol. The number of guanidine groups is 1. The van der Waals surface area contributed by atoms with E-state index in [1.807, 2.05) is 6.07 Å². The number of benzene rings is 1. The van der Waals surface area contributed by atoms with E-state index in [0.717, 1.165) is 56.9 Å². The van der Waals surface area contributed by atoms with Crippen molar-refractivity contribution in [2.75, 3.05) is 54.1 Å². The van der Waals surface area contributed by atoms with Crippen molar-refractivity contribution in [3.8, 4) is 11.5 Å². The average molecular weight is 546 g/mol. The number of methoxy groups -OCH3 is 2. The maximum absolute atomic E-state index is 5.55. The van der Waals surface area contributed by atoms with Crippen LogP contribution in [0.3, 0.4) is 0 Å². The van der Waals surface area contributed by atoms with E-state index >= 15 is 0 Å². The molecule has 7 nitrogen and oxygen atoms in total. The zero-order chi connectivity index (χ0) is 20.5. The molecule has 1 saturated heterocycles. The second kappa shape index (κ2) is 13.0. The van der Waals surface area contributed by atoms with Crippen LogP contribution in [0.5, 0.6) is 11.5 Å². The van der Waals surface area contributed by atoms with Gasteiger partial charge in [-0.1, -0.05) is 6.07 Å². The summed E-state index contributed by atoms with van der Waals surface area (Å²) < 4.78 is 16.5. The lowest BCUT2D eigenvalue weighted by Crippen LogP contribution is -2.46. The summed E-state index contributed by atoms with van der Waals surface area (Å²) in [6, 6.07) is 8.40. The number of rotatable bonds is 8. The first-order valence-corrected chi connectivity index (χ1v) is 10.7. The maximum Gasteiger partial charge on any atom is 0.191 e. The van der Waals surface area contributed by atoms with Gasteiger partial charge < -0.3 is 24.8 Å². The van der Waals surface area contributed by atoms with Crippen LogP contribution in [-0.2, 0) is 11.3 Å². The molecule has 1 aromatic carbocycles. The van der Waals surface area contributed by atoms with Gasteiger partial charge in [0.1, 0.15) is 0 Å². The van der Waals surface area contributed by atoms with E-state index in [4.69, 9.17) is 14.2 Å². The molecule has 1 aromatic heterocycles. The topological polar surface area (TPSA) is 67.4 Å². The fraction of sp³-hybridized carbons (Fsp3) is 0.476. The summed E-state index contributed by atoms with van der Waals surface area (Å²) in [6.45, 7) is 4.74. The highest BCUT2D eigenvalue weighted by molar-refractivity contribution is 14.0. The molecule has 0 spiro atoms. The first-order valence-electron chi connectivity index (χ1n) is 9.74. The molecule has 30 heavy (non-hydrogen) atoms. The number of hydrogen-bond acceptors (Lipinski definition) is 6. The van der Waals surface area contributed by atoms with E-state index in [0.29, 0.717) is 0 Å². The molecule has 1 aliphatic rings. The number of nitrogens with zero attached hydrogens (tertiary/aromatic N) is 2. The molecule has 0 saturated carbocycles. The van der Waals surface area contributed by atoms with E-state index in [-0.39, 0.29) is 30.0 Å². The van der Waals surface area contributed by atoms with Crippen LogP contribution in [-0.4, -0.2) is 65.0 Å². The van der Waals surface area contributed by atoms with Gasteiger partial charge in [-0.15, -0.1) is 24.0 Å². The van der Waals surface area contributed by atoms with Gasteiger partial charge in [0.25, 0.3) is 0 Å². The van der Waals surface area contributed by atoms with E-state index < -0.39 is 0 Å². The number of ether oxygens (including phenoxy) is 3. The first kappa shape index (κ1) is 24.7. The predicted molar refractivity (Wildman–Crippen MR) is 133 cm³/mol. The number of morpholine rings is 1. The minimum atomic E-state index is 0. The van der Waals surface area contributed by atoms with Crippen LogP contribution in [0.25, 0.3) is 0 Å². The van der Waals surface area contributed by atoms with Crippen molar-refractivity contribution in [2.45, 2.75) is 12.6 Å². The van der Waals surface area contributed by atoms with Crippen LogP contribution in [0, 0.1) is 0 Å². The number of aliphatic imine (C=N–C) groups is 1. The summed E-state index contributed by atoms with van der Waals surface area (Å²) in [5, 5.41) is 11.1. The number of thiophene rings is 1. The summed E-state index contributed by atoms with van der Waals surface area (Å²) in [7, 11) is 5.12. The zero-order valence-electron chi connectivity index (χ0n) is 17.7. The molecule has 9 heteroatoms. The third-order valence-electron chi connectivity index (χ3n) is 5.01. The Balaban J connectivity index is 0.00000320. The van der Waals surface area contributed by atoms with Crippen molar-refractivity contribution in [1.29, 1.82) is 0 Å². The highest BCUT2D eigenvalue weighted by Crippen LogP contribution is 2.32. The fourth-order valence-electron chi connectivity index (χ4n) is 3.40. The number of halogens is 1. The molecule has 2 N–H and O–H groups in total. The molecule has 166 valence electrons. The molecular formula is C21H31IN4O3S. The SMILES string of the molecule is CN=C(NCc1ccsc1)NCC(c1ccc(OC)c(OC)c1)N1CCOCC1.I. The molecular weight excluding hydrogens is 515 g/mol. The Labute approximate surface area is 199 Å². The molecule has 1 aliphatic heterocycles. The quantitative estimate of drug-likeness (QED) is 0.302. The minimum absolute atomic E-state index is 0. The first-order chi connectivity index (χ1) is 14.2. The lowest BCUT2D eigenvalue weighted by atomic mass is 10.0. The van der Waals surface area contributed by atoms with Crippen molar-refractivity contribution in [3.05, 3.63) is 46.2 Å². The van der Waals surface area contributed by atoms with Gasteiger partial charge in [-0.25, -0.2) is 0 Å². The third-order valence-corrected chi connectivity index (χ3v) is 5.74. The summed E-state index contributed by atoms with van der Waals surface area (Å²) >= 11 is 1.70. The van der Waals surface area contributed by atoms with Gasteiger partial charge >= 0.3 is 0 Å². The Morgan fingerprint density at radius 1 is 1.17 bits per heavy atom. The van der Waals surface area contributed by atoms with Gasteiger partial charge in [0, 0.05) is 33.2 Å². The highest BCUT2D eigenvalue weighted by Gasteiger charge is 2.24. The Hall–Kier alpha value is -1.56. The van der Waals surface area contributed by atoms with Gasteiger partial charge in [0.15, 0.2) is 17.5 Å². The van der Waals surface area contributed by atoms with Gasteiger partial charge in [0.2, 0.25) is 0 Å². The minimum Gasteiger partial charge on any atom is -0.493 e. The van der Waals surface area contributed by atoms with Crippen LogP contribution in [0.4, 0.5) is 0 Å². The van der Waals surface area contributed by atoms with Gasteiger partial charge in [-0.2, -0.15) is 11.3 Å². The van der Waals surface area contributed by atoms with E-state index in [1.165, 1.54) is 11.1 Å². The standard InChI is InChI=1S/C21H30N4O3S.HI/c1-22-21(23-13-16-6-11-29-15-16)24-14-18(25-7-9-28-10-8-25)17-4-5-19(26-2)20(12-17)27-3;/h4-6,11-12,15,18H,7-10,13-14H2,1-3H3,(H2,22,23,24);1H. The molecule has 0 bridgehead atoms. The Morgan fingerprint density at radius 3 is 2.57 bits per heavy atom. The van der Waals surface area contributed by atoms with Crippen molar-refractivity contribution in [1.82, 2.24) is 15.5 Å². The molecule has 0 aliphatic carbocycles. The van der Waals surface area contributed by atoms with Gasteiger partial charge in [-0.05, 0) is 40.1 Å². The molecule has 1 atom stereocenters. The largest absolute Gasteiger partial charge is 0.493 e. The van der Waals surface area contributed by atoms with Gasteiger partial charge in [-0.3, -0.25) is 9.89 Å². The average Bonchev–Trinajstić information content (AvgIpc) is 3.30. The third kappa shape index (κ3) is 6.73. The molecule has 1 fully saturated rings. The number of hydrogen-bond donors (Lipinski definition) is 2. The van der Waals surface area contributed by atoms with Crippen LogP contribution < -0.4 is 20.1 Å². The fourth-order valence-corrected chi connectivity index (χ4v) is 4.07. The van der Waals surface area contributed by atoms with Crippen molar-refractivity contribution >= 4 is 41.3 Å². The Bertz CT molecular complexity index is 783. The lowest BCUT2D eigenvalue weighted by Gasteiger charge is -2.35. The van der Waals surface area contributed by atoms with Crippen LogP contribution >= 0.6 is 35.3 Å².